The zero-order valence-corrected chi connectivity index (χ0v) is 22.6. The standard InChI is InChI=1S/C34H22N8/c1-2-18-15-16-25-26(17-18)34-41-32-24-14-8-7-13-23(24)30(39-32)37-28-20-10-4-3-9-19(20)27(35-28)36-29-21-11-5-6-12-22(21)31(38-29)40-33(25)42-34/h3-17H,2H2,1H3,(H2,35,36,37,38,39,40,41,42). The van der Waals surface area contributed by atoms with Crippen LogP contribution in [0.4, 0.5) is 0 Å². The van der Waals surface area contributed by atoms with Crippen LogP contribution in [0.5, 0.6) is 0 Å². The largest absolute Gasteiger partial charge is 0.324 e. The van der Waals surface area contributed by atoms with Crippen LogP contribution in [0.15, 0.2) is 91.0 Å². The lowest BCUT2D eigenvalue weighted by molar-refractivity contribution is 1.15. The molecule has 0 fully saturated rings. The van der Waals surface area contributed by atoms with E-state index in [4.69, 9.17) is 29.9 Å². The summed E-state index contributed by atoms with van der Waals surface area (Å²) < 4.78 is 0. The van der Waals surface area contributed by atoms with Crippen LogP contribution in [0.1, 0.15) is 12.5 Å². The van der Waals surface area contributed by atoms with Crippen LogP contribution >= 0.6 is 0 Å². The second-order valence-corrected chi connectivity index (χ2v) is 10.5. The van der Waals surface area contributed by atoms with Gasteiger partial charge in [0.05, 0.1) is 0 Å². The molecule has 7 aromatic rings. The second kappa shape index (κ2) is 8.62. The summed E-state index contributed by atoms with van der Waals surface area (Å²) in [5.41, 5.74) is 7.72. The van der Waals surface area contributed by atoms with Crippen molar-refractivity contribution in [3.05, 3.63) is 96.6 Å². The molecule has 3 aromatic heterocycles. The monoisotopic (exact) mass is 542 g/mol. The summed E-state index contributed by atoms with van der Waals surface area (Å²) in [5.74, 6) is 2.41. The van der Waals surface area contributed by atoms with E-state index in [1.807, 2.05) is 72.8 Å². The molecule has 2 aliphatic rings. The molecule has 0 aliphatic carbocycles. The normalized spacial score (nSPS) is 12.0. The molecule has 2 aliphatic heterocycles. The lowest BCUT2D eigenvalue weighted by Gasteiger charge is -1.97. The molecule has 4 aromatic carbocycles. The minimum absolute atomic E-state index is 0.600. The Morgan fingerprint density at radius 2 is 0.810 bits per heavy atom. The lowest BCUT2D eigenvalue weighted by atomic mass is 10.1. The quantitative estimate of drug-likeness (QED) is 0.223. The molecule has 8 nitrogen and oxygen atoms in total. The Kier molecular flexibility index (Phi) is 4.72. The van der Waals surface area contributed by atoms with Crippen LogP contribution in [0.2, 0.25) is 0 Å². The summed E-state index contributed by atoms with van der Waals surface area (Å²) in [5, 5.41) is 3.88. The van der Waals surface area contributed by atoms with E-state index in [9.17, 15) is 0 Å². The van der Waals surface area contributed by atoms with E-state index < -0.39 is 0 Å². The molecule has 0 amide bonds. The maximum absolute atomic E-state index is 5.09. The van der Waals surface area contributed by atoms with Crippen molar-refractivity contribution >= 4 is 44.1 Å². The smallest absolute Gasteiger partial charge is 0.164 e. The number of hydrogen-bond donors (Lipinski definition) is 2. The van der Waals surface area contributed by atoms with Gasteiger partial charge in [-0.3, -0.25) is 0 Å². The molecular formula is C34H22N8. The zero-order valence-electron chi connectivity index (χ0n) is 22.6. The Balaban J connectivity index is 1.50. The molecule has 8 bridgehead atoms. The molecule has 5 heterocycles. The van der Waals surface area contributed by atoms with E-state index in [1.165, 1.54) is 5.56 Å². The third kappa shape index (κ3) is 3.35. The van der Waals surface area contributed by atoms with Gasteiger partial charge < -0.3 is 9.97 Å². The first-order chi connectivity index (χ1) is 20.7. The van der Waals surface area contributed by atoms with Gasteiger partial charge in [-0.15, -0.1) is 0 Å². The first-order valence-corrected chi connectivity index (χ1v) is 14.0. The number of aromatic amines is 2. The fourth-order valence-electron chi connectivity index (χ4n) is 5.91. The van der Waals surface area contributed by atoms with Crippen molar-refractivity contribution in [3.8, 4) is 45.6 Å². The number of fused-ring (bicyclic) bond motifs is 20. The molecule has 0 radical (unpaired) electrons. The average molecular weight is 543 g/mol. The number of H-pyrrole nitrogens is 2. The highest BCUT2D eigenvalue weighted by atomic mass is 15.1. The fourth-order valence-corrected chi connectivity index (χ4v) is 5.91. The Morgan fingerprint density at radius 3 is 1.24 bits per heavy atom. The van der Waals surface area contributed by atoms with Gasteiger partial charge in [-0.05, 0) is 18.1 Å². The van der Waals surface area contributed by atoms with Gasteiger partial charge >= 0.3 is 0 Å². The highest BCUT2D eigenvalue weighted by Gasteiger charge is 2.21. The third-order valence-corrected chi connectivity index (χ3v) is 8.03. The molecule has 0 saturated carbocycles. The molecule has 42 heavy (non-hydrogen) atoms. The molecule has 9 rings (SSSR count). The predicted molar refractivity (Wildman–Crippen MR) is 165 cm³/mol. The van der Waals surface area contributed by atoms with Crippen molar-refractivity contribution in [2.24, 2.45) is 0 Å². The molecular weight excluding hydrogens is 520 g/mol. The van der Waals surface area contributed by atoms with Crippen LogP contribution < -0.4 is 0 Å². The van der Waals surface area contributed by atoms with Crippen molar-refractivity contribution in [2.75, 3.05) is 0 Å². The van der Waals surface area contributed by atoms with Crippen molar-refractivity contribution in [3.63, 3.8) is 0 Å². The summed E-state index contributed by atoms with van der Waals surface area (Å²) >= 11 is 0. The van der Waals surface area contributed by atoms with Crippen molar-refractivity contribution in [2.45, 2.75) is 13.3 Å². The molecule has 0 saturated heterocycles. The van der Waals surface area contributed by atoms with Gasteiger partial charge in [-0.2, -0.15) is 0 Å². The highest BCUT2D eigenvalue weighted by Crippen LogP contribution is 2.36. The van der Waals surface area contributed by atoms with E-state index in [-0.39, 0.29) is 0 Å². The van der Waals surface area contributed by atoms with Crippen molar-refractivity contribution in [1.29, 1.82) is 0 Å². The van der Waals surface area contributed by atoms with Gasteiger partial charge in [-0.1, -0.05) is 91.9 Å². The van der Waals surface area contributed by atoms with Gasteiger partial charge in [0.2, 0.25) is 0 Å². The van der Waals surface area contributed by atoms with Gasteiger partial charge in [0.1, 0.15) is 22.6 Å². The number of aryl methyl sites for hydroxylation is 1. The topological polar surface area (TPSA) is 109 Å². The van der Waals surface area contributed by atoms with E-state index >= 15 is 0 Å². The Morgan fingerprint density at radius 1 is 0.429 bits per heavy atom. The summed E-state index contributed by atoms with van der Waals surface area (Å²) in [4.78, 5) is 37.1. The van der Waals surface area contributed by atoms with Gasteiger partial charge in [0.15, 0.2) is 23.3 Å². The van der Waals surface area contributed by atoms with Crippen molar-refractivity contribution < 1.29 is 0 Å². The first-order valence-electron chi connectivity index (χ1n) is 14.0. The third-order valence-electron chi connectivity index (χ3n) is 8.03. The number of nitrogens with zero attached hydrogens (tertiary/aromatic N) is 6. The zero-order chi connectivity index (χ0) is 27.8. The number of aromatic nitrogens is 8. The summed E-state index contributed by atoms with van der Waals surface area (Å²) in [6.45, 7) is 2.15. The van der Waals surface area contributed by atoms with Gasteiger partial charge in [-0.25, -0.2) is 29.9 Å². The van der Waals surface area contributed by atoms with E-state index in [2.05, 4.69) is 35.1 Å². The van der Waals surface area contributed by atoms with Crippen LogP contribution in [0, 0.1) is 0 Å². The van der Waals surface area contributed by atoms with E-state index in [0.717, 1.165) is 50.2 Å². The number of rotatable bonds is 1. The van der Waals surface area contributed by atoms with Crippen LogP contribution in [-0.2, 0) is 6.42 Å². The molecule has 0 unspecified atom stereocenters. The van der Waals surface area contributed by atoms with Crippen LogP contribution in [0.25, 0.3) is 89.7 Å². The Bertz CT molecular complexity index is 2410. The molecule has 8 heteroatoms. The van der Waals surface area contributed by atoms with E-state index in [1.54, 1.807) is 0 Å². The predicted octanol–water partition coefficient (Wildman–Crippen LogP) is 7.43. The van der Waals surface area contributed by atoms with E-state index in [0.29, 0.717) is 45.9 Å². The van der Waals surface area contributed by atoms with Gasteiger partial charge in [0, 0.05) is 43.8 Å². The Hall–Kier alpha value is -5.76. The summed E-state index contributed by atoms with van der Waals surface area (Å²) in [6.07, 6.45) is 0.916. The minimum Gasteiger partial charge on any atom is -0.324 e. The first kappa shape index (κ1) is 23.0. The SMILES string of the molecule is CCc1ccc2c3nc4nc(nc5[nH]c(nc6nc(nc([nH]3)c2c1)-c1ccccc1-6)c1ccccc51)-c1ccccc1-4. The summed E-state index contributed by atoms with van der Waals surface area (Å²) in [6, 6.07) is 30.7. The maximum atomic E-state index is 5.09. The minimum atomic E-state index is 0.600. The average Bonchev–Trinajstić information content (AvgIpc) is 3.76. The highest BCUT2D eigenvalue weighted by molar-refractivity contribution is 6.06. The molecule has 0 atom stereocenters. The fraction of sp³-hybridized carbons (Fsp3) is 0.0588. The lowest BCUT2D eigenvalue weighted by Crippen LogP contribution is -1.83. The summed E-state index contributed by atoms with van der Waals surface area (Å²) in [7, 11) is 0. The Labute approximate surface area is 239 Å². The van der Waals surface area contributed by atoms with Crippen LogP contribution in [0.3, 0.4) is 0 Å². The molecule has 198 valence electrons. The molecule has 0 spiro atoms. The maximum Gasteiger partial charge on any atom is 0.164 e. The number of benzene rings is 4. The molecule has 2 N–H and O–H groups in total. The van der Waals surface area contributed by atoms with Crippen LogP contribution in [-0.4, -0.2) is 39.9 Å². The van der Waals surface area contributed by atoms with Gasteiger partial charge in [0.25, 0.3) is 0 Å². The van der Waals surface area contributed by atoms with Crippen molar-refractivity contribution in [1.82, 2.24) is 39.9 Å². The number of nitrogens with one attached hydrogen (secondary N) is 2. The second-order valence-electron chi connectivity index (χ2n) is 10.5. The number of hydrogen-bond acceptors (Lipinski definition) is 6.